The van der Waals surface area contributed by atoms with Crippen molar-refractivity contribution in [1.82, 2.24) is 25.1 Å². The Kier molecular flexibility index (Phi) is 7.60. The van der Waals surface area contributed by atoms with Crippen LogP contribution in [0.3, 0.4) is 0 Å². The molecule has 12 heteroatoms. The first kappa shape index (κ1) is 26.7. The quantitative estimate of drug-likeness (QED) is 0.573. The molecule has 0 aliphatic carbocycles. The summed E-state index contributed by atoms with van der Waals surface area (Å²) < 4.78 is 47.5. The number of nitrogens with zero attached hydrogens (tertiary/aromatic N) is 4. The molecule has 5 rings (SSSR count). The molecule has 39 heavy (non-hydrogen) atoms. The Bertz CT molecular complexity index is 1310. The van der Waals surface area contributed by atoms with Gasteiger partial charge in [-0.15, -0.1) is 0 Å². The number of aliphatic hydroxyl groups excluding tert-OH is 1. The van der Waals surface area contributed by atoms with E-state index in [2.05, 4.69) is 10.2 Å². The van der Waals surface area contributed by atoms with Crippen molar-refractivity contribution in [2.75, 3.05) is 39.9 Å². The Labute approximate surface area is 223 Å². The fraction of sp³-hybridized carbons (Fsp3) is 0.333. The van der Waals surface area contributed by atoms with Crippen molar-refractivity contribution < 1.29 is 32.6 Å². The second-order valence-corrected chi connectivity index (χ2v) is 9.59. The number of likely N-dealkylation sites (N-methyl/N-ethyl adjacent to an activating group) is 1. The first-order valence-electron chi connectivity index (χ1n) is 12.5. The Hall–Kier alpha value is -3.87. The second kappa shape index (κ2) is 11.1. The van der Waals surface area contributed by atoms with E-state index < -0.39 is 41.6 Å². The number of rotatable bonds is 6. The van der Waals surface area contributed by atoms with E-state index in [1.807, 2.05) is 42.4 Å². The molecule has 3 aliphatic rings. The topological polar surface area (TPSA) is 88.6 Å². The maximum Gasteiger partial charge on any atom is 0.276 e. The van der Waals surface area contributed by atoms with Crippen molar-refractivity contribution >= 4 is 11.8 Å². The summed E-state index contributed by atoms with van der Waals surface area (Å²) in [6.45, 7) is 2.07. The number of amides is 2. The van der Waals surface area contributed by atoms with Crippen LogP contribution in [-0.4, -0.2) is 82.7 Å². The van der Waals surface area contributed by atoms with Gasteiger partial charge in [-0.2, -0.15) is 5.01 Å². The van der Waals surface area contributed by atoms with Gasteiger partial charge in [-0.3, -0.25) is 14.6 Å². The molecule has 2 aromatic rings. The number of hydrogen-bond donors (Lipinski definition) is 2. The zero-order valence-electron chi connectivity index (χ0n) is 21.2. The molecule has 2 unspecified atom stereocenters. The highest BCUT2D eigenvalue weighted by molar-refractivity contribution is 5.99. The summed E-state index contributed by atoms with van der Waals surface area (Å²) in [5.74, 6) is -4.65. The van der Waals surface area contributed by atoms with Gasteiger partial charge in [0.05, 0.1) is 12.2 Å². The lowest BCUT2D eigenvalue weighted by Gasteiger charge is -2.48. The van der Waals surface area contributed by atoms with Gasteiger partial charge in [0.15, 0.2) is 11.5 Å². The fourth-order valence-electron chi connectivity index (χ4n) is 4.67. The summed E-state index contributed by atoms with van der Waals surface area (Å²) in [6, 6.07) is 10.2. The molecular weight excluding hydrogens is 515 g/mol. The summed E-state index contributed by atoms with van der Waals surface area (Å²) >= 11 is 0. The molecule has 0 spiro atoms. The van der Waals surface area contributed by atoms with Gasteiger partial charge in [-0.1, -0.05) is 30.3 Å². The number of ether oxygens (including phenoxy) is 1. The highest BCUT2D eigenvalue weighted by atomic mass is 19.1. The van der Waals surface area contributed by atoms with Crippen molar-refractivity contribution in [2.45, 2.75) is 19.3 Å². The molecule has 3 aliphatic heterocycles. The van der Waals surface area contributed by atoms with Crippen molar-refractivity contribution in [3.63, 3.8) is 0 Å². The minimum absolute atomic E-state index is 0.0293. The van der Waals surface area contributed by atoms with Gasteiger partial charge in [0, 0.05) is 56.6 Å². The van der Waals surface area contributed by atoms with Gasteiger partial charge in [0.1, 0.15) is 30.2 Å². The summed E-state index contributed by atoms with van der Waals surface area (Å²) in [5, 5.41) is 17.0. The van der Waals surface area contributed by atoms with Crippen LogP contribution in [0.1, 0.15) is 11.1 Å². The number of benzene rings is 2. The summed E-state index contributed by atoms with van der Waals surface area (Å²) in [4.78, 5) is 30.5. The molecule has 2 atom stereocenters. The third-order valence-electron chi connectivity index (χ3n) is 6.92. The number of hydrazine groups is 1. The first-order valence-corrected chi connectivity index (χ1v) is 12.5. The number of halogens is 3. The monoisotopic (exact) mass is 543 g/mol. The van der Waals surface area contributed by atoms with E-state index >= 15 is 0 Å². The van der Waals surface area contributed by atoms with Crippen LogP contribution in [-0.2, 0) is 27.5 Å². The van der Waals surface area contributed by atoms with Gasteiger partial charge in [0.25, 0.3) is 11.8 Å². The van der Waals surface area contributed by atoms with Gasteiger partial charge in [0.2, 0.25) is 0 Å². The highest BCUT2D eigenvalue weighted by Gasteiger charge is 2.44. The largest absolute Gasteiger partial charge is 0.488 e. The number of hydrogen-bond acceptors (Lipinski definition) is 7. The molecule has 3 heterocycles. The normalized spacial score (nSPS) is 21.7. The van der Waals surface area contributed by atoms with Gasteiger partial charge in [-0.05, 0) is 12.6 Å². The first-order chi connectivity index (χ1) is 18.7. The molecule has 2 saturated heterocycles. The maximum atomic E-state index is 14.1. The predicted molar refractivity (Wildman–Crippen MR) is 133 cm³/mol. The number of nitrogens with one attached hydrogen (secondary N) is 1. The third kappa shape index (κ3) is 5.49. The smallest absolute Gasteiger partial charge is 0.276 e. The summed E-state index contributed by atoms with van der Waals surface area (Å²) in [7, 11) is 1.95. The number of carbonyl (C=O) groups excluding carboxylic acids is 2. The standard InChI is InChI=1S/C27H28F3N5O4/c1-32-7-9-33-16-34(10-8-32)35-14-20(26(37)31-13-19-21(29)11-18(28)12-22(19)30)24(36)25(23(35)27(33)38)39-15-17-5-3-2-4-6-17/h2-6,11-12,14,24,36H,7-10,13,15-16H2,1H3,(H,31,37). The third-order valence-corrected chi connectivity index (χ3v) is 6.92. The number of carbonyl (C=O) groups is 2. The van der Waals surface area contributed by atoms with E-state index in [4.69, 9.17) is 4.74 Å². The Morgan fingerprint density at radius 2 is 1.77 bits per heavy atom. The van der Waals surface area contributed by atoms with Crippen molar-refractivity contribution in [3.05, 3.63) is 94.3 Å². The zero-order chi connectivity index (χ0) is 27.7. The fourth-order valence-corrected chi connectivity index (χ4v) is 4.67. The lowest BCUT2D eigenvalue weighted by Crippen LogP contribution is -2.61. The van der Waals surface area contributed by atoms with Crippen LogP contribution in [0.25, 0.3) is 0 Å². The molecule has 9 nitrogen and oxygen atoms in total. The summed E-state index contributed by atoms with van der Waals surface area (Å²) in [6.07, 6.45) is -0.280. The van der Waals surface area contributed by atoms with Crippen molar-refractivity contribution in [2.24, 2.45) is 0 Å². The lowest BCUT2D eigenvalue weighted by molar-refractivity contribution is -0.150. The Morgan fingerprint density at radius 3 is 2.49 bits per heavy atom. The minimum Gasteiger partial charge on any atom is -0.488 e. The summed E-state index contributed by atoms with van der Waals surface area (Å²) in [5.41, 5.74) is 0.178. The average molecular weight is 544 g/mol. The van der Waals surface area contributed by atoms with Crippen LogP contribution in [0.4, 0.5) is 13.2 Å². The van der Waals surface area contributed by atoms with Crippen LogP contribution >= 0.6 is 0 Å². The predicted octanol–water partition coefficient (Wildman–Crippen LogP) is 1.67. The molecule has 0 saturated carbocycles. The van der Waals surface area contributed by atoms with Crippen LogP contribution in [0.2, 0.25) is 0 Å². The molecule has 0 aromatic heterocycles. The van der Waals surface area contributed by atoms with Crippen LogP contribution in [0.5, 0.6) is 0 Å². The molecule has 2 aromatic carbocycles. The Morgan fingerprint density at radius 1 is 1.08 bits per heavy atom. The van der Waals surface area contributed by atoms with Crippen molar-refractivity contribution in [3.8, 4) is 0 Å². The van der Waals surface area contributed by atoms with E-state index in [0.29, 0.717) is 38.3 Å². The SMILES string of the molecule is CN1CCN2CN(CC1)N1C=C(C(=O)NCc3c(F)cc(F)cc3F)C(O)C(OCc3ccccc3)=C1C2=O. The van der Waals surface area contributed by atoms with Gasteiger partial charge >= 0.3 is 0 Å². The highest BCUT2D eigenvalue weighted by Crippen LogP contribution is 2.33. The van der Waals surface area contributed by atoms with Crippen LogP contribution in [0, 0.1) is 17.5 Å². The number of aliphatic hydroxyl groups is 1. The van der Waals surface area contributed by atoms with Crippen molar-refractivity contribution in [1.29, 1.82) is 0 Å². The van der Waals surface area contributed by atoms with E-state index in [-0.39, 0.29) is 36.2 Å². The van der Waals surface area contributed by atoms with Gasteiger partial charge < -0.3 is 25.0 Å². The molecule has 2 amide bonds. The van der Waals surface area contributed by atoms with E-state index in [0.717, 1.165) is 5.56 Å². The molecule has 2 fully saturated rings. The van der Waals surface area contributed by atoms with Gasteiger partial charge in [-0.25, -0.2) is 13.2 Å². The molecule has 0 radical (unpaired) electrons. The van der Waals surface area contributed by atoms with Crippen LogP contribution < -0.4 is 5.32 Å². The van der Waals surface area contributed by atoms with E-state index in [1.54, 1.807) is 4.90 Å². The lowest BCUT2D eigenvalue weighted by atomic mass is 10.0. The molecule has 206 valence electrons. The number of fused-ring (bicyclic) bond motifs is 4. The molecule has 2 bridgehead atoms. The van der Waals surface area contributed by atoms with E-state index in [9.17, 15) is 27.9 Å². The minimum atomic E-state index is -1.63. The zero-order valence-corrected chi connectivity index (χ0v) is 21.2. The molecule has 2 N–H and O–H groups in total. The second-order valence-electron chi connectivity index (χ2n) is 9.59. The average Bonchev–Trinajstić information content (AvgIpc) is 2.90. The van der Waals surface area contributed by atoms with Crippen LogP contribution in [0.15, 0.2) is 65.7 Å². The van der Waals surface area contributed by atoms with E-state index in [1.165, 1.54) is 11.2 Å². The maximum absolute atomic E-state index is 14.1. The molecular formula is C27H28F3N5O4. The Balaban J connectivity index is 1.46.